The van der Waals surface area contributed by atoms with Crippen molar-refractivity contribution in [3.63, 3.8) is 0 Å². The summed E-state index contributed by atoms with van der Waals surface area (Å²) in [6.07, 6.45) is 2.92. The van der Waals surface area contributed by atoms with Crippen molar-refractivity contribution in [2.24, 2.45) is 5.92 Å². The minimum absolute atomic E-state index is 0.254. The summed E-state index contributed by atoms with van der Waals surface area (Å²) in [5, 5.41) is 10.1. The first kappa shape index (κ1) is 11.0. The molecule has 4 nitrogen and oxygen atoms in total. The van der Waals surface area contributed by atoms with E-state index in [4.69, 9.17) is 10.1 Å². The molecule has 1 heterocycles. The van der Waals surface area contributed by atoms with Crippen molar-refractivity contribution in [3.8, 4) is 6.07 Å². The van der Waals surface area contributed by atoms with Crippen LogP contribution in [-0.4, -0.2) is 24.1 Å². The summed E-state index contributed by atoms with van der Waals surface area (Å²) >= 11 is 0. The molecule has 0 amide bonds. The van der Waals surface area contributed by atoms with Crippen LogP contribution in [0.1, 0.15) is 25.7 Å². The van der Waals surface area contributed by atoms with Crippen LogP contribution >= 0.6 is 0 Å². The fourth-order valence-corrected chi connectivity index (χ4v) is 1.33. The standard InChI is InChI=1S/C10H15N2O2/c1-9(8-11)4-5-10(13)14-12-6-2-3-7-12/h9H,1-7H2. The molecule has 0 aromatic heterocycles. The second-order valence-corrected chi connectivity index (χ2v) is 3.46. The van der Waals surface area contributed by atoms with Crippen LogP contribution in [0.4, 0.5) is 0 Å². The van der Waals surface area contributed by atoms with Crippen molar-refractivity contribution in [1.29, 1.82) is 5.26 Å². The normalized spacial score (nSPS) is 18.9. The van der Waals surface area contributed by atoms with Crippen molar-refractivity contribution < 1.29 is 9.63 Å². The molecule has 1 unspecified atom stereocenters. The van der Waals surface area contributed by atoms with Crippen LogP contribution < -0.4 is 0 Å². The maximum atomic E-state index is 11.2. The highest BCUT2D eigenvalue weighted by Crippen LogP contribution is 2.10. The minimum atomic E-state index is -0.318. The van der Waals surface area contributed by atoms with Crippen LogP contribution in [0.5, 0.6) is 0 Å². The van der Waals surface area contributed by atoms with Crippen LogP contribution in [0, 0.1) is 24.2 Å². The summed E-state index contributed by atoms with van der Waals surface area (Å²) in [4.78, 5) is 16.3. The fraction of sp³-hybridized carbons (Fsp3) is 0.700. The summed E-state index contributed by atoms with van der Waals surface area (Å²) in [6.45, 7) is 5.24. The van der Waals surface area contributed by atoms with Gasteiger partial charge in [-0.05, 0) is 26.2 Å². The second-order valence-electron chi connectivity index (χ2n) is 3.46. The number of nitriles is 1. The van der Waals surface area contributed by atoms with Gasteiger partial charge in [0.25, 0.3) is 0 Å². The Morgan fingerprint density at radius 2 is 2.21 bits per heavy atom. The molecule has 4 heteroatoms. The van der Waals surface area contributed by atoms with Gasteiger partial charge in [-0.25, -0.2) is 0 Å². The zero-order chi connectivity index (χ0) is 10.4. The van der Waals surface area contributed by atoms with Crippen molar-refractivity contribution in [2.75, 3.05) is 13.1 Å². The van der Waals surface area contributed by atoms with Gasteiger partial charge in [-0.2, -0.15) is 5.26 Å². The van der Waals surface area contributed by atoms with Gasteiger partial charge >= 0.3 is 5.97 Å². The lowest BCUT2D eigenvalue weighted by Gasteiger charge is -2.13. The van der Waals surface area contributed by atoms with Crippen LogP contribution in [0.15, 0.2) is 0 Å². The summed E-state index contributed by atoms with van der Waals surface area (Å²) < 4.78 is 0. The topological polar surface area (TPSA) is 53.3 Å². The molecule has 0 N–H and O–H groups in total. The molecule has 1 aliphatic rings. The van der Waals surface area contributed by atoms with E-state index in [9.17, 15) is 4.79 Å². The average Bonchev–Trinajstić information content (AvgIpc) is 2.66. The maximum Gasteiger partial charge on any atom is 0.325 e. The molecule has 1 fully saturated rings. The summed E-state index contributed by atoms with van der Waals surface area (Å²) in [7, 11) is 0. The lowest BCUT2D eigenvalue weighted by Crippen LogP contribution is -2.24. The maximum absolute atomic E-state index is 11.2. The number of nitrogens with zero attached hydrogens (tertiary/aromatic N) is 2. The zero-order valence-corrected chi connectivity index (χ0v) is 8.24. The van der Waals surface area contributed by atoms with Gasteiger partial charge in [0.2, 0.25) is 0 Å². The summed E-state index contributed by atoms with van der Waals surface area (Å²) in [6, 6.07) is 1.98. The van der Waals surface area contributed by atoms with Gasteiger partial charge in [0.15, 0.2) is 0 Å². The van der Waals surface area contributed by atoms with Gasteiger partial charge in [0, 0.05) is 25.4 Å². The second kappa shape index (κ2) is 5.61. The highest BCUT2D eigenvalue weighted by Gasteiger charge is 2.16. The third kappa shape index (κ3) is 3.75. The van der Waals surface area contributed by atoms with E-state index in [2.05, 4.69) is 6.92 Å². The van der Waals surface area contributed by atoms with E-state index < -0.39 is 0 Å². The molecular formula is C10H15N2O2. The minimum Gasteiger partial charge on any atom is -0.368 e. The fourth-order valence-electron chi connectivity index (χ4n) is 1.33. The predicted octanol–water partition coefficient (Wildman–Crippen LogP) is 1.29. The molecule has 14 heavy (non-hydrogen) atoms. The quantitative estimate of drug-likeness (QED) is 0.678. The molecule has 1 rings (SSSR count). The Hall–Kier alpha value is -1.08. The van der Waals surface area contributed by atoms with Crippen molar-refractivity contribution in [3.05, 3.63) is 6.92 Å². The van der Waals surface area contributed by atoms with E-state index >= 15 is 0 Å². The Bertz CT molecular complexity index is 229. The van der Waals surface area contributed by atoms with Gasteiger partial charge in [0.05, 0.1) is 6.07 Å². The first-order valence-corrected chi connectivity index (χ1v) is 4.91. The summed E-state index contributed by atoms with van der Waals surface area (Å²) in [5.41, 5.74) is 0. The van der Waals surface area contributed by atoms with E-state index in [1.807, 2.05) is 6.07 Å². The number of hydrogen-bond acceptors (Lipinski definition) is 4. The van der Waals surface area contributed by atoms with E-state index in [0.717, 1.165) is 25.9 Å². The number of rotatable bonds is 4. The molecule has 1 saturated heterocycles. The van der Waals surface area contributed by atoms with Gasteiger partial charge in [0.1, 0.15) is 0 Å². The Morgan fingerprint density at radius 3 is 2.79 bits per heavy atom. The first-order valence-electron chi connectivity index (χ1n) is 4.91. The SMILES string of the molecule is [CH2]C(C#N)CCC(=O)ON1CCCC1. The molecule has 0 aromatic carbocycles. The molecule has 0 spiro atoms. The zero-order valence-electron chi connectivity index (χ0n) is 8.24. The van der Waals surface area contributed by atoms with E-state index in [1.165, 1.54) is 0 Å². The van der Waals surface area contributed by atoms with Gasteiger partial charge in [-0.15, -0.1) is 5.06 Å². The molecule has 0 aliphatic carbocycles. The lowest BCUT2D eigenvalue weighted by atomic mass is 10.1. The molecule has 0 bridgehead atoms. The molecular weight excluding hydrogens is 180 g/mol. The van der Waals surface area contributed by atoms with Gasteiger partial charge < -0.3 is 4.84 Å². The molecule has 1 atom stereocenters. The largest absolute Gasteiger partial charge is 0.368 e. The Balaban J connectivity index is 2.12. The third-order valence-corrected chi connectivity index (χ3v) is 2.18. The average molecular weight is 195 g/mol. The van der Waals surface area contributed by atoms with Gasteiger partial charge in [-0.1, -0.05) is 0 Å². The lowest BCUT2D eigenvalue weighted by molar-refractivity contribution is -0.185. The highest BCUT2D eigenvalue weighted by atomic mass is 16.7. The number of carbonyl (C=O) groups excluding carboxylic acids is 1. The molecule has 0 saturated carbocycles. The number of hydroxylamine groups is 2. The Morgan fingerprint density at radius 1 is 1.57 bits per heavy atom. The third-order valence-electron chi connectivity index (χ3n) is 2.18. The highest BCUT2D eigenvalue weighted by molar-refractivity contribution is 5.69. The van der Waals surface area contributed by atoms with E-state index in [0.29, 0.717) is 6.42 Å². The van der Waals surface area contributed by atoms with Crippen molar-refractivity contribution in [2.45, 2.75) is 25.7 Å². The van der Waals surface area contributed by atoms with Crippen LogP contribution in [-0.2, 0) is 9.63 Å². The van der Waals surface area contributed by atoms with E-state index in [1.54, 1.807) is 5.06 Å². The molecule has 1 radical (unpaired) electrons. The van der Waals surface area contributed by atoms with Crippen molar-refractivity contribution in [1.82, 2.24) is 5.06 Å². The first-order chi connectivity index (χ1) is 6.72. The smallest absolute Gasteiger partial charge is 0.325 e. The van der Waals surface area contributed by atoms with Crippen molar-refractivity contribution >= 4 is 5.97 Å². The van der Waals surface area contributed by atoms with Crippen LogP contribution in [0.2, 0.25) is 0 Å². The van der Waals surface area contributed by atoms with Crippen LogP contribution in [0.3, 0.4) is 0 Å². The molecule has 0 aromatic rings. The van der Waals surface area contributed by atoms with Gasteiger partial charge in [-0.3, -0.25) is 4.79 Å². The molecule has 1 aliphatic heterocycles. The molecule has 77 valence electrons. The summed E-state index contributed by atoms with van der Waals surface area (Å²) in [5.74, 6) is -0.572. The van der Waals surface area contributed by atoms with E-state index in [-0.39, 0.29) is 18.3 Å². The Labute approximate surface area is 84.4 Å². The van der Waals surface area contributed by atoms with Crippen LogP contribution in [0.25, 0.3) is 0 Å². The number of carbonyl (C=O) groups is 1. The number of hydrogen-bond donors (Lipinski definition) is 0. The monoisotopic (exact) mass is 195 g/mol. The Kier molecular flexibility index (Phi) is 4.41. The predicted molar refractivity (Wildman–Crippen MR) is 50.6 cm³/mol.